The molecule has 0 unspecified atom stereocenters. The Balaban J connectivity index is 1.56. The third kappa shape index (κ3) is 3.69. The number of hydrogen-bond donors (Lipinski definition) is 1. The zero-order valence-electron chi connectivity index (χ0n) is 16.3. The van der Waals surface area contributed by atoms with Crippen molar-refractivity contribution in [1.29, 1.82) is 0 Å². The molecule has 30 heavy (non-hydrogen) atoms. The summed E-state index contributed by atoms with van der Waals surface area (Å²) in [6.07, 6.45) is 7.84. The summed E-state index contributed by atoms with van der Waals surface area (Å²) < 4.78 is 8.01. The molecule has 154 valence electrons. The van der Waals surface area contributed by atoms with E-state index in [2.05, 4.69) is 30.8 Å². The van der Waals surface area contributed by atoms with Crippen molar-refractivity contribution in [1.82, 2.24) is 24.8 Å². The fraction of sp³-hybridized carbons (Fsp3) is 0.318. The monoisotopic (exact) mass is 439 g/mol. The van der Waals surface area contributed by atoms with Gasteiger partial charge in [0.2, 0.25) is 0 Å². The number of aromatic nitrogens is 3. The van der Waals surface area contributed by atoms with Gasteiger partial charge in [0.05, 0.1) is 28.9 Å². The van der Waals surface area contributed by atoms with Crippen LogP contribution in [0.5, 0.6) is 0 Å². The summed E-state index contributed by atoms with van der Waals surface area (Å²) in [4.78, 5) is 11.4. The molecule has 8 heteroatoms. The Labute approximate surface area is 185 Å². The molecule has 0 saturated carbocycles. The first-order valence-corrected chi connectivity index (χ1v) is 10.9. The first kappa shape index (κ1) is 19.5. The van der Waals surface area contributed by atoms with Crippen LogP contribution in [0.25, 0.3) is 5.82 Å². The lowest BCUT2D eigenvalue weighted by atomic mass is 10.0. The average Bonchev–Trinajstić information content (AvgIpc) is 3.51. The first-order valence-electron chi connectivity index (χ1n) is 10.1. The van der Waals surface area contributed by atoms with Crippen LogP contribution in [0.3, 0.4) is 0 Å². The quantitative estimate of drug-likeness (QED) is 0.605. The number of nitrogens with zero attached hydrogens (tertiary/aromatic N) is 4. The van der Waals surface area contributed by atoms with Crippen LogP contribution in [-0.4, -0.2) is 43.8 Å². The molecule has 3 aromatic heterocycles. The Morgan fingerprint density at radius 2 is 2.10 bits per heavy atom. The van der Waals surface area contributed by atoms with E-state index in [1.165, 1.54) is 0 Å². The van der Waals surface area contributed by atoms with E-state index in [9.17, 15) is 0 Å². The van der Waals surface area contributed by atoms with Crippen LogP contribution in [-0.2, 0) is 4.74 Å². The lowest BCUT2D eigenvalue weighted by molar-refractivity contribution is 0.0836. The maximum Gasteiger partial charge on any atom is 0.170 e. The van der Waals surface area contributed by atoms with Crippen molar-refractivity contribution < 1.29 is 4.74 Å². The molecule has 0 amide bonds. The molecule has 5 heterocycles. The molecule has 2 fully saturated rings. The number of thiocarbonyl (C=S) groups is 1. The van der Waals surface area contributed by atoms with Gasteiger partial charge in [0.15, 0.2) is 5.11 Å². The van der Waals surface area contributed by atoms with Gasteiger partial charge in [-0.15, -0.1) is 0 Å². The van der Waals surface area contributed by atoms with E-state index in [0.717, 1.165) is 48.3 Å². The number of pyridine rings is 2. The molecule has 0 spiro atoms. The van der Waals surface area contributed by atoms with Crippen molar-refractivity contribution in [2.75, 3.05) is 13.2 Å². The van der Waals surface area contributed by atoms with Crippen LogP contribution < -0.4 is 5.32 Å². The molecule has 0 bridgehead atoms. The van der Waals surface area contributed by atoms with Crippen LogP contribution in [0.4, 0.5) is 0 Å². The van der Waals surface area contributed by atoms with Crippen LogP contribution in [0.15, 0.2) is 61.1 Å². The summed E-state index contributed by atoms with van der Waals surface area (Å²) in [5.41, 5.74) is 2.04. The van der Waals surface area contributed by atoms with E-state index in [1.54, 1.807) is 6.20 Å². The van der Waals surface area contributed by atoms with Crippen LogP contribution in [0.1, 0.15) is 36.3 Å². The number of nitrogens with one attached hydrogen (secondary N) is 1. The third-order valence-corrected chi connectivity index (χ3v) is 6.24. The molecule has 2 saturated heterocycles. The van der Waals surface area contributed by atoms with Gasteiger partial charge in [0.1, 0.15) is 5.82 Å². The number of halogens is 1. The topological polar surface area (TPSA) is 55.2 Å². The van der Waals surface area contributed by atoms with Crippen molar-refractivity contribution in [3.8, 4) is 5.82 Å². The van der Waals surface area contributed by atoms with Gasteiger partial charge in [-0.1, -0.05) is 17.7 Å². The minimum atomic E-state index is -0.0685. The van der Waals surface area contributed by atoms with Crippen molar-refractivity contribution in [2.45, 2.75) is 31.0 Å². The van der Waals surface area contributed by atoms with Crippen molar-refractivity contribution >= 4 is 28.9 Å². The summed E-state index contributed by atoms with van der Waals surface area (Å²) in [6.45, 7) is 1.57. The molecule has 0 aromatic carbocycles. The first-order chi connectivity index (χ1) is 14.7. The van der Waals surface area contributed by atoms with E-state index in [4.69, 9.17) is 28.6 Å². The average molecular weight is 440 g/mol. The second-order valence-electron chi connectivity index (χ2n) is 7.55. The van der Waals surface area contributed by atoms with Crippen molar-refractivity contribution in [3.63, 3.8) is 0 Å². The van der Waals surface area contributed by atoms with Gasteiger partial charge >= 0.3 is 0 Å². The molecule has 0 aliphatic carbocycles. The molecular formula is C22H22ClN5OS. The number of rotatable bonds is 5. The van der Waals surface area contributed by atoms with Gasteiger partial charge in [0.25, 0.3) is 0 Å². The lowest BCUT2D eigenvalue weighted by Crippen LogP contribution is -2.36. The van der Waals surface area contributed by atoms with Crippen LogP contribution in [0, 0.1) is 0 Å². The standard InChI is InChI=1S/C22H22ClN5OS/c23-15-8-9-19(25-13-15)27-11-3-7-18(27)21-20(17-6-1-2-10-24-17)26-22(30)28(21)14-16-5-4-12-29-16/h1-3,6-11,13,16,20-21H,4-5,12,14H2,(H,26,30)/t16-,20+,21-/m0/s1. The smallest absolute Gasteiger partial charge is 0.170 e. The van der Waals surface area contributed by atoms with E-state index < -0.39 is 0 Å². The predicted octanol–water partition coefficient (Wildman–Crippen LogP) is 4.07. The van der Waals surface area contributed by atoms with E-state index in [0.29, 0.717) is 5.02 Å². The highest BCUT2D eigenvalue weighted by molar-refractivity contribution is 7.80. The van der Waals surface area contributed by atoms with Crippen molar-refractivity contribution in [3.05, 3.63) is 77.5 Å². The fourth-order valence-electron chi connectivity index (χ4n) is 4.29. The minimum absolute atomic E-state index is 0.0379. The third-order valence-electron chi connectivity index (χ3n) is 5.66. The lowest BCUT2D eigenvalue weighted by Gasteiger charge is -2.30. The Hall–Kier alpha value is -2.48. The van der Waals surface area contributed by atoms with Gasteiger partial charge in [-0.25, -0.2) is 4.98 Å². The summed E-state index contributed by atoms with van der Waals surface area (Å²) in [7, 11) is 0. The molecule has 3 aromatic rings. The summed E-state index contributed by atoms with van der Waals surface area (Å²) in [6, 6.07) is 13.8. The molecule has 0 radical (unpaired) electrons. The van der Waals surface area contributed by atoms with Gasteiger partial charge in [-0.05, 0) is 61.5 Å². The van der Waals surface area contributed by atoms with Gasteiger partial charge in [-0.3, -0.25) is 4.98 Å². The van der Waals surface area contributed by atoms with Crippen LogP contribution in [0.2, 0.25) is 5.02 Å². The molecular weight excluding hydrogens is 418 g/mol. The van der Waals surface area contributed by atoms with E-state index >= 15 is 0 Å². The molecule has 6 nitrogen and oxygen atoms in total. The summed E-state index contributed by atoms with van der Waals surface area (Å²) in [5, 5.41) is 4.84. The fourth-order valence-corrected chi connectivity index (χ4v) is 4.71. The summed E-state index contributed by atoms with van der Waals surface area (Å²) >= 11 is 11.8. The highest BCUT2D eigenvalue weighted by Crippen LogP contribution is 2.40. The van der Waals surface area contributed by atoms with Crippen molar-refractivity contribution in [2.24, 2.45) is 0 Å². The maximum atomic E-state index is 6.05. The molecule has 1 N–H and O–H groups in total. The molecule has 3 atom stereocenters. The Morgan fingerprint density at radius 3 is 2.83 bits per heavy atom. The summed E-state index contributed by atoms with van der Waals surface area (Å²) in [5.74, 6) is 0.814. The number of ether oxygens (including phenoxy) is 1. The van der Waals surface area contributed by atoms with E-state index in [-0.39, 0.29) is 18.2 Å². The highest BCUT2D eigenvalue weighted by Gasteiger charge is 2.42. The zero-order chi connectivity index (χ0) is 20.5. The van der Waals surface area contributed by atoms with Gasteiger partial charge < -0.3 is 19.5 Å². The Kier molecular flexibility index (Phi) is 5.41. The predicted molar refractivity (Wildman–Crippen MR) is 120 cm³/mol. The zero-order valence-corrected chi connectivity index (χ0v) is 17.9. The molecule has 5 rings (SSSR count). The SMILES string of the molecule is S=C1N[C@H](c2ccccn2)[C@H](c2cccn2-c2ccc(Cl)cn2)N1C[C@@H]1CCCO1. The number of hydrogen-bond acceptors (Lipinski definition) is 4. The van der Waals surface area contributed by atoms with Crippen LogP contribution >= 0.6 is 23.8 Å². The normalized spacial score (nSPS) is 23.7. The van der Waals surface area contributed by atoms with Gasteiger partial charge in [-0.2, -0.15) is 0 Å². The largest absolute Gasteiger partial charge is 0.376 e. The molecule has 2 aliphatic heterocycles. The molecule has 2 aliphatic rings. The van der Waals surface area contributed by atoms with E-state index in [1.807, 2.05) is 48.8 Å². The van der Waals surface area contributed by atoms with Gasteiger partial charge in [0, 0.05) is 37.4 Å². The Bertz CT molecular complexity index is 1020. The maximum absolute atomic E-state index is 6.05. The minimum Gasteiger partial charge on any atom is -0.376 e. The Morgan fingerprint density at radius 1 is 1.17 bits per heavy atom. The second-order valence-corrected chi connectivity index (χ2v) is 8.37. The highest BCUT2D eigenvalue weighted by atomic mass is 35.5. The second kappa shape index (κ2) is 8.34.